The second-order valence-electron chi connectivity index (χ2n) is 8.43. The fourth-order valence-corrected chi connectivity index (χ4v) is 5.25. The van der Waals surface area contributed by atoms with Crippen molar-refractivity contribution in [1.82, 2.24) is 10.2 Å². The van der Waals surface area contributed by atoms with Gasteiger partial charge in [-0.3, -0.25) is 13.9 Å². The first-order valence-corrected chi connectivity index (χ1v) is 14.3. The lowest BCUT2D eigenvalue weighted by atomic mass is 10.0. The SMILES string of the molecule is CCNC(=O)[C@H](Cc1ccccc1)N(Cc1ccccc1Cl)C(=O)CN(c1ccccc1Cl)S(C)(=O)=O. The summed E-state index contributed by atoms with van der Waals surface area (Å²) in [5.74, 6) is -0.923. The van der Waals surface area contributed by atoms with Gasteiger partial charge in [0.05, 0.1) is 17.0 Å². The van der Waals surface area contributed by atoms with Crippen molar-refractivity contribution in [2.24, 2.45) is 0 Å². The molecule has 0 radical (unpaired) electrons. The average Bonchev–Trinajstić information content (AvgIpc) is 2.86. The first-order valence-electron chi connectivity index (χ1n) is 11.7. The molecule has 0 spiro atoms. The number of hydrogen-bond acceptors (Lipinski definition) is 4. The summed E-state index contributed by atoms with van der Waals surface area (Å²) in [6.07, 6.45) is 1.24. The Labute approximate surface area is 228 Å². The van der Waals surface area contributed by atoms with Crippen molar-refractivity contribution in [2.75, 3.05) is 23.7 Å². The van der Waals surface area contributed by atoms with Crippen LogP contribution in [0.3, 0.4) is 0 Å². The van der Waals surface area contributed by atoms with Gasteiger partial charge in [0.2, 0.25) is 21.8 Å². The van der Waals surface area contributed by atoms with Crippen LogP contribution in [0.1, 0.15) is 18.1 Å². The fraction of sp³-hybridized carbons (Fsp3) is 0.259. The van der Waals surface area contributed by atoms with E-state index in [0.717, 1.165) is 16.1 Å². The lowest BCUT2D eigenvalue weighted by Gasteiger charge is -2.33. The van der Waals surface area contributed by atoms with Crippen LogP contribution in [-0.2, 0) is 32.6 Å². The van der Waals surface area contributed by atoms with Crippen molar-refractivity contribution in [3.8, 4) is 0 Å². The topological polar surface area (TPSA) is 86.8 Å². The number of halogens is 2. The minimum atomic E-state index is -3.89. The maximum Gasteiger partial charge on any atom is 0.244 e. The molecule has 0 aliphatic rings. The van der Waals surface area contributed by atoms with Crippen molar-refractivity contribution in [2.45, 2.75) is 25.9 Å². The fourth-order valence-electron chi connectivity index (χ4n) is 3.90. The molecule has 0 bridgehead atoms. The molecule has 0 heterocycles. The van der Waals surface area contributed by atoms with E-state index in [1.165, 1.54) is 11.0 Å². The Morgan fingerprint density at radius 3 is 2.08 bits per heavy atom. The van der Waals surface area contributed by atoms with Crippen LogP contribution in [-0.4, -0.2) is 50.5 Å². The highest BCUT2D eigenvalue weighted by Gasteiger charge is 2.33. The molecular formula is C27H29Cl2N3O4S. The van der Waals surface area contributed by atoms with Gasteiger partial charge in [-0.2, -0.15) is 0 Å². The van der Waals surface area contributed by atoms with E-state index in [0.29, 0.717) is 17.1 Å². The molecule has 0 aliphatic heterocycles. The van der Waals surface area contributed by atoms with Crippen molar-refractivity contribution in [3.05, 3.63) is 100 Å². The van der Waals surface area contributed by atoms with Gasteiger partial charge in [0, 0.05) is 24.5 Å². The van der Waals surface area contributed by atoms with E-state index in [2.05, 4.69) is 5.32 Å². The third-order valence-corrected chi connectivity index (χ3v) is 7.54. The molecule has 3 aromatic rings. The van der Waals surface area contributed by atoms with Crippen LogP contribution in [0.15, 0.2) is 78.9 Å². The Morgan fingerprint density at radius 2 is 1.49 bits per heavy atom. The molecule has 0 aromatic heterocycles. The maximum atomic E-state index is 13.9. The number of hydrogen-bond donors (Lipinski definition) is 1. The van der Waals surface area contributed by atoms with Gasteiger partial charge in [0.1, 0.15) is 12.6 Å². The third-order valence-electron chi connectivity index (χ3n) is 5.72. The second kappa shape index (κ2) is 12.9. The van der Waals surface area contributed by atoms with Crippen molar-refractivity contribution < 1.29 is 18.0 Å². The summed E-state index contributed by atoms with van der Waals surface area (Å²) >= 11 is 12.7. The van der Waals surface area contributed by atoms with Gasteiger partial charge >= 0.3 is 0 Å². The molecule has 7 nitrogen and oxygen atoms in total. The minimum absolute atomic E-state index is 0.00721. The molecule has 0 unspecified atom stereocenters. The number of carbonyl (C=O) groups is 2. The Hall–Kier alpha value is -3.07. The van der Waals surface area contributed by atoms with E-state index in [4.69, 9.17) is 23.2 Å². The van der Waals surface area contributed by atoms with Gasteiger partial charge in [-0.1, -0.05) is 83.9 Å². The highest BCUT2D eigenvalue weighted by molar-refractivity contribution is 7.92. The molecule has 3 rings (SSSR count). The van der Waals surface area contributed by atoms with Gasteiger partial charge in [-0.25, -0.2) is 8.42 Å². The van der Waals surface area contributed by atoms with E-state index in [-0.39, 0.29) is 29.6 Å². The molecule has 1 atom stereocenters. The summed E-state index contributed by atoms with van der Waals surface area (Å²) in [7, 11) is -3.89. The first-order chi connectivity index (χ1) is 17.6. The number of nitrogens with zero attached hydrogens (tertiary/aromatic N) is 2. The predicted molar refractivity (Wildman–Crippen MR) is 148 cm³/mol. The van der Waals surface area contributed by atoms with Gasteiger partial charge < -0.3 is 10.2 Å². The third kappa shape index (κ3) is 7.71. The largest absolute Gasteiger partial charge is 0.355 e. The zero-order chi connectivity index (χ0) is 27.0. The van der Waals surface area contributed by atoms with Crippen LogP contribution in [0.5, 0.6) is 0 Å². The normalized spacial score (nSPS) is 12.0. The van der Waals surface area contributed by atoms with Crippen molar-refractivity contribution in [1.29, 1.82) is 0 Å². The summed E-state index contributed by atoms with van der Waals surface area (Å²) in [6.45, 7) is 1.62. The highest BCUT2D eigenvalue weighted by atomic mass is 35.5. The van der Waals surface area contributed by atoms with E-state index in [1.807, 2.05) is 30.3 Å². The molecule has 1 N–H and O–H groups in total. The van der Waals surface area contributed by atoms with Crippen molar-refractivity contribution >= 4 is 50.7 Å². The Balaban J connectivity index is 2.06. The molecule has 0 saturated heterocycles. The first kappa shape index (κ1) is 28.5. The van der Waals surface area contributed by atoms with Crippen LogP contribution in [0.4, 0.5) is 5.69 Å². The average molecular weight is 563 g/mol. The number of amides is 2. The number of rotatable bonds is 11. The number of carbonyl (C=O) groups excluding carboxylic acids is 2. The highest BCUT2D eigenvalue weighted by Crippen LogP contribution is 2.28. The van der Waals surface area contributed by atoms with E-state index < -0.39 is 28.5 Å². The molecule has 3 aromatic carbocycles. The lowest BCUT2D eigenvalue weighted by molar-refractivity contribution is -0.140. The lowest BCUT2D eigenvalue weighted by Crippen LogP contribution is -2.53. The summed E-state index contributed by atoms with van der Waals surface area (Å²) in [4.78, 5) is 28.6. The van der Waals surface area contributed by atoms with Gasteiger partial charge in [-0.15, -0.1) is 0 Å². The second-order valence-corrected chi connectivity index (χ2v) is 11.2. The predicted octanol–water partition coefficient (Wildman–Crippen LogP) is 4.54. The zero-order valence-corrected chi connectivity index (χ0v) is 22.9. The van der Waals surface area contributed by atoms with Gasteiger partial charge in [0.15, 0.2) is 0 Å². The maximum absolute atomic E-state index is 13.9. The van der Waals surface area contributed by atoms with Crippen LogP contribution in [0.25, 0.3) is 0 Å². The molecular weight excluding hydrogens is 533 g/mol. The Morgan fingerprint density at radius 1 is 0.892 bits per heavy atom. The number of benzene rings is 3. The van der Waals surface area contributed by atoms with E-state index >= 15 is 0 Å². The summed E-state index contributed by atoms with van der Waals surface area (Å²) < 4.78 is 26.4. The minimum Gasteiger partial charge on any atom is -0.355 e. The van der Waals surface area contributed by atoms with Crippen LogP contribution in [0.2, 0.25) is 10.0 Å². The summed E-state index contributed by atoms with van der Waals surface area (Å²) in [5.41, 5.74) is 1.65. The van der Waals surface area contributed by atoms with E-state index in [9.17, 15) is 18.0 Å². The summed E-state index contributed by atoms with van der Waals surface area (Å²) in [6, 6.07) is 21.8. The van der Waals surface area contributed by atoms with E-state index in [1.54, 1.807) is 49.4 Å². The standard InChI is InChI=1S/C27H29Cl2N3O4S/c1-3-30-27(34)25(17-20-11-5-4-6-12-20)31(18-21-13-7-8-14-22(21)28)26(33)19-32(37(2,35)36)24-16-10-9-15-23(24)29/h4-16,25H,3,17-19H2,1-2H3,(H,30,34)/t25-/m0/s1. The Kier molecular flexibility index (Phi) is 9.97. The molecule has 0 aliphatic carbocycles. The number of sulfonamides is 1. The number of para-hydroxylation sites is 1. The number of anilines is 1. The van der Waals surface area contributed by atoms with Crippen molar-refractivity contribution in [3.63, 3.8) is 0 Å². The van der Waals surface area contributed by atoms with Crippen LogP contribution in [0, 0.1) is 0 Å². The molecule has 10 heteroatoms. The molecule has 2 amide bonds. The molecule has 196 valence electrons. The monoisotopic (exact) mass is 561 g/mol. The number of nitrogens with one attached hydrogen (secondary N) is 1. The van der Waals surface area contributed by atoms with Crippen LogP contribution < -0.4 is 9.62 Å². The molecule has 37 heavy (non-hydrogen) atoms. The van der Waals surface area contributed by atoms with Gasteiger partial charge in [0.25, 0.3) is 0 Å². The van der Waals surface area contributed by atoms with Gasteiger partial charge in [-0.05, 0) is 36.2 Å². The summed E-state index contributed by atoms with van der Waals surface area (Å²) in [5, 5.41) is 3.42. The van der Waals surface area contributed by atoms with Crippen LogP contribution >= 0.6 is 23.2 Å². The zero-order valence-electron chi connectivity index (χ0n) is 20.6. The smallest absolute Gasteiger partial charge is 0.244 e. The quantitative estimate of drug-likeness (QED) is 0.372. The number of likely N-dealkylation sites (N-methyl/N-ethyl adjacent to an activating group) is 1. The molecule has 0 saturated carbocycles. The molecule has 0 fully saturated rings. The Bertz CT molecular complexity index is 1340.